The molecule has 150 valence electrons. The second-order valence-electron chi connectivity index (χ2n) is 6.96. The van der Waals surface area contributed by atoms with Crippen LogP contribution in [0.1, 0.15) is 48.2 Å². The van der Waals surface area contributed by atoms with E-state index in [1.54, 1.807) is 24.3 Å². The van der Waals surface area contributed by atoms with Gasteiger partial charge in [-0.1, -0.05) is 26.0 Å². The highest BCUT2D eigenvalue weighted by Crippen LogP contribution is 2.17. The van der Waals surface area contributed by atoms with E-state index in [2.05, 4.69) is 19.2 Å². The Kier molecular flexibility index (Phi) is 8.05. The lowest BCUT2D eigenvalue weighted by Crippen LogP contribution is -2.32. The molecule has 2 aromatic carbocycles. The van der Waals surface area contributed by atoms with E-state index in [0.717, 1.165) is 31.5 Å². The van der Waals surface area contributed by atoms with Crippen molar-refractivity contribution in [1.29, 1.82) is 0 Å². The minimum Gasteiger partial charge on any atom is -0.484 e. The molecular weight excluding hydrogens is 352 g/mol. The summed E-state index contributed by atoms with van der Waals surface area (Å²) in [5.41, 5.74) is 3.47. The molecule has 0 saturated heterocycles. The lowest BCUT2D eigenvalue weighted by atomic mass is 10.1. The molecule has 0 radical (unpaired) electrons. The zero-order valence-electron chi connectivity index (χ0n) is 17.2. The van der Waals surface area contributed by atoms with Gasteiger partial charge < -0.3 is 15.0 Å². The van der Waals surface area contributed by atoms with Gasteiger partial charge >= 0.3 is 0 Å². The monoisotopic (exact) mass is 382 g/mol. The molecule has 28 heavy (non-hydrogen) atoms. The summed E-state index contributed by atoms with van der Waals surface area (Å²) in [7, 11) is 0. The molecule has 5 heteroatoms. The molecule has 0 unspecified atom stereocenters. The van der Waals surface area contributed by atoms with Crippen molar-refractivity contribution in [1.82, 2.24) is 4.90 Å². The predicted octanol–water partition coefficient (Wildman–Crippen LogP) is 4.58. The highest BCUT2D eigenvalue weighted by molar-refractivity contribution is 5.97. The summed E-state index contributed by atoms with van der Waals surface area (Å²) in [6.45, 7) is 9.52. The number of anilines is 1. The van der Waals surface area contributed by atoms with E-state index in [1.807, 2.05) is 36.9 Å². The molecule has 0 aliphatic heterocycles. The van der Waals surface area contributed by atoms with E-state index in [-0.39, 0.29) is 18.4 Å². The van der Waals surface area contributed by atoms with Crippen molar-refractivity contribution in [2.24, 2.45) is 0 Å². The second-order valence-corrected chi connectivity index (χ2v) is 6.96. The first-order chi connectivity index (χ1) is 13.4. The van der Waals surface area contributed by atoms with Crippen molar-refractivity contribution < 1.29 is 14.3 Å². The minimum absolute atomic E-state index is 0.00817. The third-order valence-electron chi connectivity index (χ3n) is 4.52. The number of nitrogens with zero attached hydrogens (tertiary/aromatic N) is 1. The summed E-state index contributed by atoms with van der Waals surface area (Å²) >= 11 is 0. The summed E-state index contributed by atoms with van der Waals surface area (Å²) in [6.07, 6.45) is 1.83. The lowest BCUT2D eigenvalue weighted by Gasteiger charge is -2.21. The summed E-state index contributed by atoms with van der Waals surface area (Å²) in [5, 5.41) is 2.80. The zero-order valence-corrected chi connectivity index (χ0v) is 17.2. The van der Waals surface area contributed by atoms with Crippen molar-refractivity contribution in [3.63, 3.8) is 0 Å². The standard InChI is InChI=1S/C23H30N2O3/c1-5-12-25(13-6-2)23(27)19-8-7-9-20(15-19)24-22(26)16-28-21-11-10-17(3)18(4)14-21/h7-11,14-15H,5-6,12-13,16H2,1-4H3,(H,24,26). The molecule has 0 heterocycles. The first-order valence-corrected chi connectivity index (χ1v) is 9.83. The van der Waals surface area contributed by atoms with Gasteiger partial charge in [0.05, 0.1) is 0 Å². The number of nitrogens with one attached hydrogen (secondary N) is 1. The molecule has 2 rings (SSSR count). The zero-order chi connectivity index (χ0) is 20.5. The molecule has 1 N–H and O–H groups in total. The van der Waals surface area contributed by atoms with Crippen molar-refractivity contribution in [2.45, 2.75) is 40.5 Å². The van der Waals surface area contributed by atoms with Crippen LogP contribution >= 0.6 is 0 Å². The van der Waals surface area contributed by atoms with E-state index in [0.29, 0.717) is 17.0 Å². The Labute approximate surface area is 167 Å². The number of benzene rings is 2. The average Bonchev–Trinajstić information content (AvgIpc) is 2.68. The first-order valence-electron chi connectivity index (χ1n) is 9.83. The van der Waals surface area contributed by atoms with Crippen LogP contribution in [0.5, 0.6) is 5.75 Å². The van der Waals surface area contributed by atoms with Crippen LogP contribution in [0.4, 0.5) is 5.69 Å². The fraction of sp³-hybridized carbons (Fsp3) is 0.391. The summed E-state index contributed by atoms with van der Waals surface area (Å²) in [6, 6.07) is 12.8. The van der Waals surface area contributed by atoms with Gasteiger partial charge in [0, 0.05) is 24.3 Å². The second kappa shape index (κ2) is 10.5. The van der Waals surface area contributed by atoms with Crippen molar-refractivity contribution in [3.05, 3.63) is 59.2 Å². The Morgan fingerprint density at radius 1 is 0.964 bits per heavy atom. The van der Waals surface area contributed by atoms with Crippen molar-refractivity contribution >= 4 is 17.5 Å². The number of ether oxygens (including phenoxy) is 1. The van der Waals surface area contributed by atoms with Crippen LogP contribution in [-0.4, -0.2) is 36.4 Å². The number of rotatable bonds is 9. The largest absolute Gasteiger partial charge is 0.484 e. The molecule has 5 nitrogen and oxygen atoms in total. The highest BCUT2D eigenvalue weighted by atomic mass is 16.5. The van der Waals surface area contributed by atoms with Crippen LogP contribution in [0.3, 0.4) is 0 Å². The van der Waals surface area contributed by atoms with Crippen molar-refractivity contribution in [2.75, 3.05) is 25.0 Å². The maximum Gasteiger partial charge on any atom is 0.262 e. The molecule has 0 fully saturated rings. The van der Waals surface area contributed by atoms with Crippen LogP contribution in [0.2, 0.25) is 0 Å². The van der Waals surface area contributed by atoms with Crippen LogP contribution in [-0.2, 0) is 4.79 Å². The molecule has 0 aliphatic rings. The normalized spacial score (nSPS) is 10.4. The average molecular weight is 383 g/mol. The van der Waals surface area contributed by atoms with Gasteiger partial charge in [0.1, 0.15) is 5.75 Å². The van der Waals surface area contributed by atoms with E-state index < -0.39 is 0 Å². The molecule has 0 atom stereocenters. The van der Waals surface area contributed by atoms with Crippen LogP contribution in [0.25, 0.3) is 0 Å². The third-order valence-corrected chi connectivity index (χ3v) is 4.52. The molecule has 0 spiro atoms. The Bertz CT molecular complexity index is 811. The van der Waals surface area contributed by atoms with Crippen LogP contribution in [0, 0.1) is 13.8 Å². The SMILES string of the molecule is CCCN(CCC)C(=O)c1cccc(NC(=O)COc2ccc(C)c(C)c2)c1. The molecule has 0 saturated carbocycles. The maximum atomic E-state index is 12.7. The highest BCUT2D eigenvalue weighted by Gasteiger charge is 2.15. The summed E-state index contributed by atoms with van der Waals surface area (Å²) in [5.74, 6) is 0.393. The summed E-state index contributed by atoms with van der Waals surface area (Å²) < 4.78 is 5.57. The van der Waals surface area contributed by atoms with E-state index in [1.165, 1.54) is 5.56 Å². The Balaban J connectivity index is 1.98. The first kappa shape index (κ1) is 21.5. The number of carbonyl (C=O) groups is 2. The Morgan fingerprint density at radius 2 is 1.68 bits per heavy atom. The fourth-order valence-corrected chi connectivity index (χ4v) is 2.92. The predicted molar refractivity (Wildman–Crippen MR) is 113 cm³/mol. The number of carbonyl (C=O) groups excluding carboxylic acids is 2. The third kappa shape index (κ3) is 6.12. The van der Waals surface area contributed by atoms with E-state index in [9.17, 15) is 9.59 Å². The Morgan fingerprint density at radius 3 is 2.32 bits per heavy atom. The number of aryl methyl sites for hydroxylation is 2. The molecular formula is C23H30N2O3. The molecule has 0 aliphatic carbocycles. The molecule has 0 aromatic heterocycles. The fourth-order valence-electron chi connectivity index (χ4n) is 2.92. The summed E-state index contributed by atoms with van der Waals surface area (Å²) in [4.78, 5) is 26.8. The van der Waals surface area contributed by atoms with Gasteiger partial charge in [0.2, 0.25) is 0 Å². The van der Waals surface area contributed by atoms with Gasteiger partial charge in [0.25, 0.3) is 11.8 Å². The van der Waals surface area contributed by atoms with Crippen molar-refractivity contribution in [3.8, 4) is 5.75 Å². The van der Waals surface area contributed by atoms with E-state index in [4.69, 9.17) is 4.74 Å². The van der Waals surface area contributed by atoms with Gasteiger partial charge in [-0.05, 0) is 68.1 Å². The quantitative estimate of drug-likeness (QED) is 0.690. The van der Waals surface area contributed by atoms with E-state index >= 15 is 0 Å². The van der Waals surface area contributed by atoms with Gasteiger partial charge in [-0.3, -0.25) is 9.59 Å². The number of hydrogen-bond acceptors (Lipinski definition) is 3. The number of hydrogen-bond donors (Lipinski definition) is 1. The lowest BCUT2D eigenvalue weighted by molar-refractivity contribution is -0.118. The maximum absolute atomic E-state index is 12.7. The number of amides is 2. The van der Waals surface area contributed by atoms with Crippen LogP contribution in [0.15, 0.2) is 42.5 Å². The molecule has 2 amide bonds. The van der Waals surface area contributed by atoms with Crippen LogP contribution < -0.4 is 10.1 Å². The van der Waals surface area contributed by atoms with Gasteiger partial charge in [-0.15, -0.1) is 0 Å². The molecule has 0 bridgehead atoms. The van der Waals surface area contributed by atoms with Gasteiger partial charge in [-0.2, -0.15) is 0 Å². The van der Waals surface area contributed by atoms with Gasteiger partial charge in [-0.25, -0.2) is 0 Å². The minimum atomic E-state index is -0.262. The smallest absolute Gasteiger partial charge is 0.262 e. The Hall–Kier alpha value is -2.82. The topological polar surface area (TPSA) is 58.6 Å². The van der Waals surface area contributed by atoms with Gasteiger partial charge in [0.15, 0.2) is 6.61 Å². The molecule has 2 aromatic rings.